The number of quaternary nitrogens is 1. The van der Waals surface area contributed by atoms with Crippen molar-refractivity contribution >= 4 is 23.3 Å². The Morgan fingerprint density at radius 3 is 2.43 bits per heavy atom. The molecule has 1 aromatic heterocycles. The smallest absolute Gasteiger partial charge is 0.496 e. The van der Waals surface area contributed by atoms with Gasteiger partial charge in [0.1, 0.15) is 36.0 Å². The van der Waals surface area contributed by atoms with Gasteiger partial charge in [0, 0.05) is 24.5 Å². The minimum absolute atomic E-state index is 0.105. The van der Waals surface area contributed by atoms with E-state index in [1.54, 1.807) is 55.5 Å². The van der Waals surface area contributed by atoms with E-state index >= 15 is 0 Å². The summed E-state index contributed by atoms with van der Waals surface area (Å²) < 4.78 is 7.14. The number of carbonyl (C=O) groups is 2. The van der Waals surface area contributed by atoms with Gasteiger partial charge in [0.25, 0.3) is 5.91 Å². The lowest BCUT2D eigenvalue weighted by atomic mass is 10.0. The average Bonchev–Trinajstić information content (AvgIpc) is 3.55. The molecule has 3 amide bonds. The van der Waals surface area contributed by atoms with E-state index in [0.29, 0.717) is 41.4 Å². The Kier molecular flexibility index (Phi) is 8.03. The Morgan fingerprint density at radius 1 is 1.05 bits per heavy atom. The van der Waals surface area contributed by atoms with Crippen LogP contribution in [-0.4, -0.2) is 73.2 Å². The third-order valence-electron chi connectivity index (χ3n) is 7.47. The molecule has 1 aliphatic rings. The molecule has 2 atom stereocenters. The summed E-state index contributed by atoms with van der Waals surface area (Å²) >= 11 is 0. The van der Waals surface area contributed by atoms with Crippen LogP contribution < -0.4 is 11.1 Å². The molecule has 0 bridgehead atoms. The molecule has 5 N–H and O–H groups in total. The zero-order valence-corrected chi connectivity index (χ0v) is 23.5. The summed E-state index contributed by atoms with van der Waals surface area (Å²) in [5, 5.41) is 26.5. The zero-order valence-electron chi connectivity index (χ0n) is 23.5. The monoisotopic (exact) mass is 570 g/mol. The van der Waals surface area contributed by atoms with Crippen LogP contribution in [0.5, 0.6) is 11.5 Å². The normalized spacial score (nSPS) is 18.4. The maximum atomic E-state index is 13.9. The van der Waals surface area contributed by atoms with Gasteiger partial charge in [-0.25, -0.2) is 5.32 Å². The highest BCUT2D eigenvalue weighted by Gasteiger charge is 2.41. The van der Waals surface area contributed by atoms with Gasteiger partial charge < -0.3 is 25.0 Å². The SMILES string of the molecule is Cc1nc(-c2ccc(NC(=O)/[N+](=C3\CC[N+](C)(Cc4cccc(O)c4)C3)[C@@H](Cc3ccc(O)cc3)C(N)=O)cc2)no1. The van der Waals surface area contributed by atoms with E-state index in [1.165, 1.54) is 16.7 Å². The number of anilines is 1. The van der Waals surface area contributed by atoms with Crippen molar-refractivity contribution < 1.29 is 33.4 Å². The number of primary amides is 1. The number of aromatic hydroxyl groups is 2. The summed E-state index contributed by atoms with van der Waals surface area (Å²) in [6, 6.07) is 19.2. The number of hydrogen-bond acceptors (Lipinski definition) is 7. The number of phenolic OH excluding ortho intramolecular Hbond substituents is 2. The summed E-state index contributed by atoms with van der Waals surface area (Å²) in [5.74, 6) is 0.565. The molecule has 5 rings (SSSR count). The quantitative estimate of drug-likeness (QED) is 0.186. The van der Waals surface area contributed by atoms with Crippen LogP contribution in [0.25, 0.3) is 11.4 Å². The first-order valence-electron chi connectivity index (χ1n) is 13.6. The van der Waals surface area contributed by atoms with Gasteiger partial charge >= 0.3 is 6.03 Å². The fourth-order valence-corrected chi connectivity index (χ4v) is 5.41. The Morgan fingerprint density at radius 2 is 1.79 bits per heavy atom. The van der Waals surface area contributed by atoms with Crippen LogP contribution in [-0.2, 0) is 17.8 Å². The first-order chi connectivity index (χ1) is 20.1. The van der Waals surface area contributed by atoms with Crippen molar-refractivity contribution in [1.82, 2.24) is 10.1 Å². The molecule has 42 heavy (non-hydrogen) atoms. The average molecular weight is 571 g/mol. The second kappa shape index (κ2) is 11.8. The van der Waals surface area contributed by atoms with Crippen LogP contribution in [0.3, 0.4) is 0 Å². The van der Waals surface area contributed by atoms with E-state index in [0.717, 1.165) is 28.9 Å². The third-order valence-corrected chi connectivity index (χ3v) is 7.47. The molecule has 0 radical (unpaired) electrons. The Balaban J connectivity index is 1.45. The molecule has 11 heteroatoms. The number of aryl methyl sites for hydroxylation is 1. The van der Waals surface area contributed by atoms with Crippen molar-refractivity contribution in [2.24, 2.45) is 5.73 Å². The molecule has 11 nitrogen and oxygen atoms in total. The minimum Gasteiger partial charge on any atom is -0.508 e. The van der Waals surface area contributed by atoms with Crippen LogP contribution in [0.4, 0.5) is 10.5 Å². The minimum atomic E-state index is -0.960. The van der Waals surface area contributed by atoms with Crippen LogP contribution >= 0.6 is 0 Å². The van der Waals surface area contributed by atoms with Gasteiger partial charge in [-0.1, -0.05) is 29.4 Å². The molecule has 1 fully saturated rings. The van der Waals surface area contributed by atoms with E-state index in [-0.39, 0.29) is 17.9 Å². The predicted molar refractivity (Wildman–Crippen MR) is 156 cm³/mol. The summed E-state index contributed by atoms with van der Waals surface area (Å²) in [7, 11) is 2.09. The first kappa shape index (κ1) is 28.5. The van der Waals surface area contributed by atoms with E-state index in [1.807, 2.05) is 12.1 Å². The molecule has 3 aromatic carbocycles. The summed E-state index contributed by atoms with van der Waals surface area (Å²) in [4.78, 5) is 31.1. The van der Waals surface area contributed by atoms with Crippen molar-refractivity contribution in [1.29, 1.82) is 0 Å². The highest BCUT2D eigenvalue weighted by Crippen LogP contribution is 2.24. The molecule has 2 heterocycles. The van der Waals surface area contributed by atoms with Crippen molar-refractivity contribution in [3.8, 4) is 22.9 Å². The molecule has 0 saturated carbocycles. The molecular weight excluding hydrogens is 536 g/mol. The van der Waals surface area contributed by atoms with Crippen molar-refractivity contribution in [2.45, 2.75) is 32.4 Å². The fourth-order valence-electron chi connectivity index (χ4n) is 5.41. The number of hydrogen-bond donors (Lipinski definition) is 4. The van der Waals surface area contributed by atoms with Gasteiger partial charge in [0.15, 0.2) is 6.04 Å². The molecule has 4 aromatic rings. The Bertz CT molecular complexity index is 1630. The Hall–Kier alpha value is -5.03. The van der Waals surface area contributed by atoms with Gasteiger partial charge in [0.05, 0.1) is 20.0 Å². The fraction of sp³-hybridized carbons (Fsp3) is 0.258. The standard InChI is InChI=1S/C31H32N6O5/c1-20-33-30(35-42-20)23-8-10-24(11-9-23)34-31(41)36(28(29(32)40)17-21-6-12-26(38)13-7-21)25-14-15-37(2,19-25)18-22-4-3-5-27(39)16-22/h3-13,16,28H,14-15,17-19H2,1-2H3,(H3-2,32,34,35,38,39,40,41)/p+2/b36-25+/t28-,37?/m0/s1. The van der Waals surface area contributed by atoms with E-state index in [9.17, 15) is 19.8 Å². The topological polar surface area (TPSA) is 155 Å². The number of nitrogens with zero attached hydrogens (tertiary/aromatic N) is 4. The number of benzene rings is 3. The summed E-state index contributed by atoms with van der Waals surface area (Å²) in [6.45, 7) is 3.60. The van der Waals surface area contributed by atoms with Gasteiger partial charge in [-0.3, -0.25) is 4.79 Å². The van der Waals surface area contributed by atoms with Gasteiger partial charge in [-0.05, 0) is 54.1 Å². The number of likely N-dealkylation sites (tertiary alicyclic amines) is 1. The zero-order chi connectivity index (χ0) is 29.9. The molecule has 216 valence electrons. The molecular formula is C31H34N6O5+2. The van der Waals surface area contributed by atoms with Gasteiger partial charge in [-0.2, -0.15) is 14.4 Å². The number of urea groups is 1. The number of phenols is 2. The summed E-state index contributed by atoms with van der Waals surface area (Å²) in [5.41, 5.74) is 9.70. The first-order valence-corrected chi connectivity index (χ1v) is 13.6. The second-order valence-electron chi connectivity index (χ2n) is 10.9. The maximum Gasteiger partial charge on any atom is 0.496 e. The van der Waals surface area contributed by atoms with Crippen molar-refractivity contribution in [3.63, 3.8) is 0 Å². The van der Waals surface area contributed by atoms with E-state index in [2.05, 4.69) is 22.5 Å². The highest BCUT2D eigenvalue weighted by molar-refractivity contribution is 5.94. The number of carbonyl (C=O) groups excluding carboxylic acids is 2. The highest BCUT2D eigenvalue weighted by atomic mass is 16.5. The molecule has 0 spiro atoms. The number of nitrogens with one attached hydrogen (secondary N) is 1. The van der Waals surface area contributed by atoms with Gasteiger partial charge in [0.2, 0.25) is 11.7 Å². The van der Waals surface area contributed by atoms with E-state index in [4.69, 9.17) is 10.3 Å². The predicted octanol–water partition coefficient (Wildman–Crippen LogP) is 3.59. The van der Waals surface area contributed by atoms with Crippen molar-refractivity contribution in [2.75, 3.05) is 25.5 Å². The third kappa shape index (κ3) is 6.64. The molecule has 1 unspecified atom stereocenters. The largest absolute Gasteiger partial charge is 0.508 e. The maximum absolute atomic E-state index is 13.9. The Labute approximate surface area is 243 Å². The molecule has 0 aliphatic carbocycles. The lowest BCUT2D eigenvalue weighted by Gasteiger charge is -2.28. The van der Waals surface area contributed by atoms with Crippen LogP contribution in [0.2, 0.25) is 0 Å². The number of aromatic nitrogens is 2. The van der Waals surface area contributed by atoms with Gasteiger partial charge in [-0.15, -0.1) is 0 Å². The van der Waals surface area contributed by atoms with E-state index < -0.39 is 18.0 Å². The number of amides is 3. The van der Waals surface area contributed by atoms with Crippen LogP contribution in [0.1, 0.15) is 23.4 Å². The molecule has 1 saturated heterocycles. The summed E-state index contributed by atoms with van der Waals surface area (Å²) in [6.07, 6.45) is 0.761. The lowest BCUT2D eigenvalue weighted by Crippen LogP contribution is -2.49. The number of nitrogens with two attached hydrogens (primary N) is 1. The lowest BCUT2D eigenvalue weighted by molar-refractivity contribution is -0.907. The van der Waals surface area contributed by atoms with Crippen molar-refractivity contribution in [3.05, 3.63) is 89.8 Å². The second-order valence-corrected chi connectivity index (χ2v) is 10.9. The number of rotatable bonds is 8. The molecule has 1 aliphatic heterocycles. The van der Waals surface area contributed by atoms with Crippen LogP contribution in [0, 0.1) is 6.92 Å². The van der Waals surface area contributed by atoms with Crippen LogP contribution in [0.15, 0.2) is 77.3 Å².